The summed E-state index contributed by atoms with van der Waals surface area (Å²) in [7, 11) is -3.72. The molecule has 0 spiro atoms. The molecule has 0 aliphatic rings. The summed E-state index contributed by atoms with van der Waals surface area (Å²) in [4.78, 5) is 18.5. The zero-order chi connectivity index (χ0) is 15.2. The van der Waals surface area contributed by atoms with E-state index in [4.69, 9.17) is 11.6 Å². The largest absolute Gasteiger partial charge is 0.356 e. The number of halogens is 1. The molecule has 1 aromatic rings. The average Bonchev–Trinajstić information content (AvgIpc) is 2.36. The molecule has 1 heterocycles. The number of carbonyl (C=O) groups is 1. The fraction of sp³-hybridized carbons (Fsp3) is 0.545. The number of aromatic nitrogens is 2. The van der Waals surface area contributed by atoms with Crippen LogP contribution in [-0.2, 0) is 14.8 Å². The second-order valence-electron chi connectivity index (χ2n) is 4.53. The summed E-state index contributed by atoms with van der Waals surface area (Å²) in [5.74, 6) is 0.149. The van der Waals surface area contributed by atoms with Crippen molar-refractivity contribution < 1.29 is 13.2 Å². The maximum Gasteiger partial charge on any atom is 0.243 e. The van der Waals surface area contributed by atoms with Crippen LogP contribution < -0.4 is 10.0 Å². The SMILES string of the molecule is CC(C)CNC(=O)CCNS(=O)(=O)c1cnc(Cl)nc1. The van der Waals surface area contributed by atoms with Gasteiger partial charge in [-0.25, -0.2) is 23.1 Å². The van der Waals surface area contributed by atoms with Crippen molar-refractivity contribution in [3.8, 4) is 0 Å². The smallest absolute Gasteiger partial charge is 0.243 e. The zero-order valence-corrected chi connectivity index (χ0v) is 12.8. The minimum atomic E-state index is -3.72. The first-order valence-corrected chi connectivity index (χ1v) is 7.91. The molecule has 1 aromatic heterocycles. The second-order valence-corrected chi connectivity index (χ2v) is 6.64. The molecule has 0 aromatic carbocycles. The van der Waals surface area contributed by atoms with E-state index >= 15 is 0 Å². The van der Waals surface area contributed by atoms with E-state index in [1.165, 1.54) is 0 Å². The summed E-state index contributed by atoms with van der Waals surface area (Å²) in [6.07, 6.45) is 2.29. The monoisotopic (exact) mass is 320 g/mol. The predicted octanol–water partition coefficient (Wildman–Crippen LogP) is 0.571. The maximum atomic E-state index is 11.8. The highest BCUT2D eigenvalue weighted by Gasteiger charge is 2.15. The summed E-state index contributed by atoms with van der Waals surface area (Å²) in [5.41, 5.74) is 0. The Balaban J connectivity index is 2.44. The van der Waals surface area contributed by atoms with Crippen molar-refractivity contribution in [3.05, 3.63) is 17.7 Å². The number of nitrogens with one attached hydrogen (secondary N) is 2. The van der Waals surface area contributed by atoms with Gasteiger partial charge in [0.15, 0.2) is 0 Å². The Morgan fingerprint density at radius 3 is 2.50 bits per heavy atom. The van der Waals surface area contributed by atoms with Gasteiger partial charge in [0, 0.05) is 19.5 Å². The number of sulfonamides is 1. The van der Waals surface area contributed by atoms with E-state index in [0.717, 1.165) is 12.4 Å². The number of amides is 1. The lowest BCUT2D eigenvalue weighted by Gasteiger charge is -2.08. The highest BCUT2D eigenvalue weighted by molar-refractivity contribution is 7.89. The van der Waals surface area contributed by atoms with Gasteiger partial charge in [-0.1, -0.05) is 13.8 Å². The molecule has 0 saturated carbocycles. The number of rotatable bonds is 7. The number of nitrogens with zero attached hydrogens (tertiary/aromatic N) is 2. The summed E-state index contributed by atoms with van der Waals surface area (Å²) in [6, 6.07) is 0. The third-order valence-electron chi connectivity index (χ3n) is 2.26. The Bertz CT molecular complexity index is 545. The molecule has 112 valence electrons. The molecule has 1 amide bonds. The standard InChI is InChI=1S/C11H17ClN4O3S/c1-8(2)5-13-10(17)3-4-16-20(18,19)9-6-14-11(12)15-7-9/h6-8,16H,3-5H2,1-2H3,(H,13,17). The lowest BCUT2D eigenvalue weighted by Crippen LogP contribution is -2.32. The van der Waals surface area contributed by atoms with Crippen molar-refractivity contribution in [3.63, 3.8) is 0 Å². The van der Waals surface area contributed by atoms with Crippen LogP contribution in [0.2, 0.25) is 5.28 Å². The molecule has 1 rings (SSSR count). The van der Waals surface area contributed by atoms with E-state index in [1.54, 1.807) is 0 Å². The first-order chi connectivity index (χ1) is 9.31. The van der Waals surface area contributed by atoms with Crippen LogP contribution in [0, 0.1) is 5.92 Å². The van der Waals surface area contributed by atoms with E-state index in [0.29, 0.717) is 12.5 Å². The van der Waals surface area contributed by atoms with E-state index in [-0.39, 0.29) is 29.1 Å². The Morgan fingerprint density at radius 2 is 1.95 bits per heavy atom. The van der Waals surface area contributed by atoms with Gasteiger partial charge >= 0.3 is 0 Å². The summed E-state index contributed by atoms with van der Waals surface area (Å²) < 4.78 is 26.0. The van der Waals surface area contributed by atoms with Gasteiger partial charge in [-0.2, -0.15) is 0 Å². The van der Waals surface area contributed by atoms with Gasteiger partial charge in [0.2, 0.25) is 21.2 Å². The molecule has 2 N–H and O–H groups in total. The Hall–Kier alpha value is -1.25. The Kier molecular flexibility index (Phi) is 6.31. The van der Waals surface area contributed by atoms with Crippen LogP contribution in [-0.4, -0.2) is 37.4 Å². The van der Waals surface area contributed by atoms with Crippen LogP contribution in [0.4, 0.5) is 0 Å². The Morgan fingerprint density at radius 1 is 1.35 bits per heavy atom. The normalized spacial score (nSPS) is 11.6. The molecular weight excluding hydrogens is 304 g/mol. The third kappa shape index (κ3) is 5.81. The van der Waals surface area contributed by atoms with E-state index in [9.17, 15) is 13.2 Å². The molecular formula is C11H17ClN4O3S. The van der Waals surface area contributed by atoms with Gasteiger partial charge in [-0.3, -0.25) is 4.79 Å². The third-order valence-corrected chi connectivity index (χ3v) is 3.87. The number of carbonyl (C=O) groups excluding carboxylic acids is 1. The zero-order valence-electron chi connectivity index (χ0n) is 11.3. The number of hydrogen-bond acceptors (Lipinski definition) is 5. The van der Waals surface area contributed by atoms with Crippen LogP contribution >= 0.6 is 11.6 Å². The van der Waals surface area contributed by atoms with Crippen molar-refractivity contribution in [1.82, 2.24) is 20.0 Å². The summed E-state index contributed by atoms with van der Waals surface area (Å²) >= 11 is 5.48. The molecule has 7 nitrogen and oxygen atoms in total. The lowest BCUT2D eigenvalue weighted by atomic mass is 10.2. The summed E-state index contributed by atoms with van der Waals surface area (Å²) in [6.45, 7) is 4.53. The molecule has 0 radical (unpaired) electrons. The van der Waals surface area contributed by atoms with Crippen LogP contribution in [0.1, 0.15) is 20.3 Å². The first kappa shape index (κ1) is 16.8. The van der Waals surface area contributed by atoms with Gasteiger partial charge in [0.05, 0.1) is 12.4 Å². The first-order valence-electron chi connectivity index (χ1n) is 6.05. The second kappa shape index (κ2) is 7.51. The van der Waals surface area contributed by atoms with Gasteiger partial charge in [-0.15, -0.1) is 0 Å². The van der Waals surface area contributed by atoms with Crippen molar-refractivity contribution in [2.24, 2.45) is 5.92 Å². The maximum absolute atomic E-state index is 11.8. The van der Waals surface area contributed by atoms with Gasteiger partial charge in [0.25, 0.3) is 0 Å². The van der Waals surface area contributed by atoms with Crippen molar-refractivity contribution >= 4 is 27.5 Å². The molecule has 0 unspecified atom stereocenters. The van der Waals surface area contributed by atoms with Gasteiger partial charge in [0.1, 0.15) is 4.90 Å². The van der Waals surface area contributed by atoms with Crippen molar-refractivity contribution in [1.29, 1.82) is 0 Å². The molecule has 0 bridgehead atoms. The molecule has 0 fully saturated rings. The van der Waals surface area contributed by atoms with Gasteiger partial charge in [-0.05, 0) is 17.5 Å². The molecule has 0 saturated heterocycles. The van der Waals surface area contributed by atoms with E-state index < -0.39 is 10.0 Å². The highest BCUT2D eigenvalue weighted by atomic mass is 35.5. The van der Waals surface area contributed by atoms with E-state index in [1.807, 2.05) is 13.8 Å². The van der Waals surface area contributed by atoms with Crippen LogP contribution in [0.5, 0.6) is 0 Å². The lowest BCUT2D eigenvalue weighted by molar-refractivity contribution is -0.121. The highest BCUT2D eigenvalue weighted by Crippen LogP contribution is 2.07. The fourth-order valence-electron chi connectivity index (χ4n) is 1.23. The molecule has 20 heavy (non-hydrogen) atoms. The average molecular weight is 321 g/mol. The van der Waals surface area contributed by atoms with Crippen LogP contribution in [0.3, 0.4) is 0 Å². The minimum Gasteiger partial charge on any atom is -0.356 e. The van der Waals surface area contributed by atoms with E-state index in [2.05, 4.69) is 20.0 Å². The van der Waals surface area contributed by atoms with Gasteiger partial charge < -0.3 is 5.32 Å². The molecule has 0 atom stereocenters. The minimum absolute atomic E-state index is 0.00882. The summed E-state index contributed by atoms with van der Waals surface area (Å²) in [5, 5.41) is 2.67. The van der Waals surface area contributed by atoms with Crippen LogP contribution in [0.25, 0.3) is 0 Å². The molecule has 0 aliphatic carbocycles. The molecule has 9 heteroatoms. The van der Waals surface area contributed by atoms with Crippen molar-refractivity contribution in [2.75, 3.05) is 13.1 Å². The quantitative estimate of drug-likeness (QED) is 0.715. The fourth-order valence-corrected chi connectivity index (χ4v) is 2.25. The molecule has 0 aliphatic heterocycles. The topological polar surface area (TPSA) is 101 Å². The van der Waals surface area contributed by atoms with Crippen molar-refractivity contribution in [2.45, 2.75) is 25.2 Å². The Labute approximate surface area is 123 Å². The van der Waals surface area contributed by atoms with Crippen LogP contribution in [0.15, 0.2) is 17.3 Å². The number of hydrogen-bond donors (Lipinski definition) is 2. The predicted molar refractivity (Wildman–Crippen MR) is 74.7 cm³/mol.